The van der Waals surface area contributed by atoms with Gasteiger partial charge in [-0.3, -0.25) is 4.79 Å². The minimum Gasteiger partial charge on any atom is -0.469 e. The maximum absolute atomic E-state index is 9.59. The van der Waals surface area contributed by atoms with E-state index in [1.165, 1.54) is 33.3 Å². The van der Waals surface area contributed by atoms with Gasteiger partial charge in [-0.2, -0.15) is 0 Å². The molecule has 0 atom stereocenters. The van der Waals surface area contributed by atoms with Gasteiger partial charge in [-0.25, -0.2) is 0 Å². The molecule has 0 amide bonds. The van der Waals surface area contributed by atoms with E-state index in [4.69, 9.17) is 5.11 Å². The van der Waals surface area contributed by atoms with Crippen LogP contribution in [-0.4, -0.2) is 63.1 Å². The summed E-state index contributed by atoms with van der Waals surface area (Å²) >= 11 is 0. The quantitative estimate of drug-likeness (QED) is 0.367. The number of nitrogens with one attached hydrogen (secondary N) is 3. The Hall–Kier alpha value is -0.0666. The number of ether oxygens (including phenoxy) is 1. The fourth-order valence-corrected chi connectivity index (χ4v) is 1.39. The number of aliphatic hydroxyl groups is 1. The number of hydrogen-bond acceptors (Lipinski definition) is 6. The standard InChI is InChI=1S/C9H21N3.C4H10O.C3H6O2.Zn/c1-4-10-6-2-8-12-9-3-7-11-5-1;1-4(2,3)5;1-3(4)5-2;/h10-12H,1-9H2;5H,1-3H3;1-2H3;. The van der Waals surface area contributed by atoms with E-state index >= 15 is 0 Å². The number of methoxy groups -OCH3 is 1. The van der Waals surface area contributed by atoms with Crippen molar-refractivity contribution in [1.29, 1.82) is 0 Å². The topological polar surface area (TPSA) is 82.6 Å². The predicted octanol–water partition coefficient (Wildman–Crippen LogP) is 0.893. The summed E-state index contributed by atoms with van der Waals surface area (Å²) in [6.45, 7) is 13.5. The molecule has 0 unspecified atom stereocenters. The third-order valence-corrected chi connectivity index (χ3v) is 2.41. The summed E-state index contributed by atoms with van der Waals surface area (Å²) < 4.78 is 4.11. The third-order valence-electron chi connectivity index (χ3n) is 2.41. The number of carbonyl (C=O) groups excluding carboxylic acids is 1. The monoisotopic (exact) mass is 383 g/mol. The maximum atomic E-state index is 9.59. The fourth-order valence-electron chi connectivity index (χ4n) is 1.39. The minimum atomic E-state index is -0.500. The van der Waals surface area contributed by atoms with Crippen LogP contribution in [0, 0.1) is 0 Å². The second-order valence-electron chi connectivity index (χ2n) is 6.18. The first kappa shape index (κ1) is 27.8. The van der Waals surface area contributed by atoms with E-state index < -0.39 is 5.60 Å². The van der Waals surface area contributed by atoms with Crippen LogP contribution in [0.15, 0.2) is 0 Å². The molecule has 0 spiro atoms. The molecule has 1 heterocycles. The van der Waals surface area contributed by atoms with E-state index in [1.54, 1.807) is 20.8 Å². The molecule has 4 N–H and O–H groups in total. The Morgan fingerprint density at radius 1 is 0.870 bits per heavy atom. The first-order valence-electron chi connectivity index (χ1n) is 8.16. The Kier molecular flexibility index (Phi) is 24.1. The Morgan fingerprint density at radius 3 is 1.17 bits per heavy atom. The van der Waals surface area contributed by atoms with Crippen LogP contribution < -0.4 is 16.0 Å². The summed E-state index contributed by atoms with van der Waals surface area (Å²) in [5, 5.41) is 18.8. The van der Waals surface area contributed by atoms with E-state index in [2.05, 4.69) is 20.7 Å². The number of carbonyl (C=O) groups is 1. The zero-order valence-corrected chi connectivity index (χ0v) is 18.8. The van der Waals surface area contributed by atoms with Gasteiger partial charge >= 0.3 is 5.97 Å². The average Bonchev–Trinajstić information content (AvgIpc) is 2.38. The van der Waals surface area contributed by atoms with Crippen LogP contribution >= 0.6 is 0 Å². The van der Waals surface area contributed by atoms with Gasteiger partial charge in [0.05, 0.1) is 12.7 Å². The molecule has 1 saturated heterocycles. The third kappa shape index (κ3) is 44.9. The molecule has 0 radical (unpaired) electrons. The summed E-state index contributed by atoms with van der Waals surface area (Å²) in [5.41, 5.74) is -0.500. The summed E-state index contributed by atoms with van der Waals surface area (Å²) in [6, 6.07) is 0. The molecule has 0 aliphatic carbocycles. The van der Waals surface area contributed by atoms with Gasteiger partial charge in [0, 0.05) is 26.4 Å². The molecule has 136 valence electrons. The van der Waals surface area contributed by atoms with Crippen molar-refractivity contribution in [3.8, 4) is 0 Å². The van der Waals surface area contributed by atoms with Gasteiger partial charge < -0.3 is 25.8 Å². The number of hydrogen-bond donors (Lipinski definition) is 4. The van der Waals surface area contributed by atoms with Crippen molar-refractivity contribution in [2.75, 3.05) is 46.4 Å². The van der Waals surface area contributed by atoms with E-state index in [-0.39, 0.29) is 25.4 Å². The first-order valence-corrected chi connectivity index (χ1v) is 8.16. The van der Waals surface area contributed by atoms with Crippen molar-refractivity contribution < 1.29 is 34.1 Å². The molecule has 6 nitrogen and oxygen atoms in total. The average molecular weight is 385 g/mol. The largest absolute Gasteiger partial charge is 0.469 e. The molecular weight excluding hydrogens is 348 g/mol. The van der Waals surface area contributed by atoms with E-state index in [0.29, 0.717) is 0 Å². The molecule has 0 aromatic carbocycles. The molecule has 1 aliphatic rings. The Morgan fingerprint density at radius 2 is 1.04 bits per heavy atom. The van der Waals surface area contributed by atoms with Crippen LogP contribution in [0.25, 0.3) is 0 Å². The van der Waals surface area contributed by atoms with Crippen molar-refractivity contribution in [2.45, 2.75) is 52.6 Å². The maximum Gasteiger partial charge on any atom is 0.302 e. The fraction of sp³-hybridized carbons (Fsp3) is 0.938. The Labute approximate surface area is 155 Å². The Balaban J connectivity index is -0.000000307. The summed E-state index contributed by atoms with van der Waals surface area (Å²) in [5.74, 6) is -0.245. The molecule has 1 rings (SSSR count). The van der Waals surface area contributed by atoms with Gasteiger partial charge in [-0.15, -0.1) is 0 Å². The zero-order chi connectivity index (χ0) is 17.3. The predicted molar refractivity (Wildman–Crippen MR) is 92.1 cm³/mol. The van der Waals surface area contributed by atoms with E-state index in [0.717, 1.165) is 39.3 Å². The van der Waals surface area contributed by atoms with Gasteiger partial charge in [-0.1, -0.05) is 0 Å². The van der Waals surface area contributed by atoms with E-state index in [9.17, 15) is 4.79 Å². The van der Waals surface area contributed by atoms with E-state index in [1.807, 2.05) is 0 Å². The van der Waals surface area contributed by atoms with Crippen LogP contribution in [0.3, 0.4) is 0 Å². The molecule has 7 heteroatoms. The van der Waals surface area contributed by atoms with Gasteiger partial charge in [0.1, 0.15) is 0 Å². The summed E-state index contributed by atoms with van der Waals surface area (Å²) in [7, 11) is 1.35. The van der Waals surface area contributed by atoms with Crippen molar-refractivity contribution in [1.82, 2.24) is 16.0 Å². The molecule has 0 saturated carbocycles. The molecule has 0 aromatic heterocycles. The second kappa shape index (κ2) is 20.0. The van der Waals surface area contributed by atoms with Crippen LogP contribution in [0.1, 0.15) is 47.0 Å². The molecule has 23 heavy (non-hydrogen) atoms. The summed E-state index contributed by atoms with van der Waals surface area (Å²) in [6.07, 6.45) is 3.77. The molecular formula is C16H37N3O3Zn. The van der Waals surface area contributed by atoms with Crippen LogP contribution in [0.4, 0.5) is 0 Å². The van der Waals surface area contributed by atoms with Gasteiger partial charge in [0.2, 0.25) is 0 Å². The number of rotatable bonds is 0. The normalized spacial score (nSPS) is 16.6. The molecule has 1 aliphatic heterocycles. The van der Waals surface area contributed by atoms with Crippen molar-refractivity contribution in [3.63, 3.8) is 0 Å². The Bertz CT molecular complexity index is 200. The summed E-state index contributed by atoms with van der Waals surface area (Å²) in [4.78, 5) is 9.59. The van der Waals surface area contributed by atoms with Gasteiger partial charge in [0.15, 0.2) is 0 Å². The molecule has 1 fully saturated rings. The van der Waals surface area contributed by atoms with Crippen LogP contribution in [-0.2, 0) is 29.0 Å². The van der Waals surface area contributed by atoms with Crippen LogP contribution in [0.5, 0.6) is 0 Å². The van der Waals surface area contributed by atoms with Crippen LogP contribution in [0.2, 0.25) is 0 Å². The first-order chi connectivity index (χ1) is 10.3. The van der Waals surface area contributed by atoms with Crippen molar-refractivity contribution in [3.05, 3.63) is 0 Å². The smallest absolute Gasteiger partial charge is 0.302 e. The van der Waals surface area contributed by atoms with Gasteiger partial charge in [0.25, 0.3) is 0 Å². The molecule has 0 bridgehead atoms. The van der Waals surface area contributed by atoms with Crippen molar-refractivity contribution >= 4 is 5.97 Å². The minimum absolute atomic E-state index is 0. The van der Waals surface area contributed by atoms with Crippen molar-refractivity contribution in [2.24, 2.45) is 0 Å². The SMILES string of the molecule is C1CNCCCNCCCNC1.CC(C)(C)O.COC(C)=O.[Zn]. The zero-order valence-electron chi connectivity index (χ0n) is 15.8. The molecule has 0 aromatic rings. The number of esters is 1. The van der Waals surface area contributed by atoms with Gasteiger partial charge in [-0.05, 0) is 79.3 Å². The second-order valence-corrected chi connectivity index (χ2v) is 6.18.